The van der Waals surface area contributed by atoms with E-state index >= 15 is 0 Å². The van der Waals surface area contributed by atoms with Gasteiger partial charge in [-0.1, -0.05) is 28.1 Å². The van der Waals surface area contributed by atoms with Gasteiger partial charge in [-0.15, -0.1) is 0 Å². The average molecular weight is 427 g/mol. The summed E-state index contributed by atoms with van der Waals surface area (Å²) in [5.41, 5.74) is 3.65. The molecule has 1 N–H and O–H groups in total. The summed E-state index contributed by atoms with van der Waals surface area (Å²) in [5, 5.41) is 2.98. The maximum Gasteiger partial charge on any atom is 0.251 e. The molecule has 1 aliphatic rings. The van der Waals surface area contributed by atoms with Crippen molar-refractivity contribution in [1.82, 2.24) is 19.8 Å². The number of likely N-dealkylation sites (tertiary alicyclic amines) is 1. The van der Waals surface area contributed by atoms with Crippen LogP contribution in [0.1, 0.15) is 28.8 Å². The molecule has 2 heterocycles. The van der Waals surface area contributed by atoms with Gasteiger partial charge in [0.25, 0.3) is 5.91 Å². The molecular weight excluding hydrogens is 404 g/mol. The summed E-state index contributed by atoms with van der Waals surface area (Å²) >= 11 is 3.45. The second-order valence-corrected chi connectivity index (χ2v) is 7.92. The third-order valence-corrected chi connectivity index (χ3v) is 5.57. The molecule has 140 valence electrons. The van der Waals surface area contributed by atoms with Gasteiger partial charge < -0.3 is 14.8 Å². The smallest absolute Gasteiger partial charge is 0.251 e. The Bertz CT molecular complexity index is 946. The number of imidazole rings is 1. The number of carbonyl (C=O) groups excluding carboxylic acids is 1. The van der Waals surface area contributed by atoms with Crippen molar-refractivity contribution in [3.63, 3.8) is 0 Å². The summed E-state index contributed by atoms with van der Waals surface area (Å²) < 4.78 is 3.19. The number of benzene rings is 2. The highest BCUT2D eigenvalue weighted by Gasteiger charge is 2.13. The van der Waals surface area contributed by atoms with Gasteiger partial charge >= 0.3 is 0 Å². The van der Waals surface area contributed by atoms with E-state index in [9.17, 15) is 4.79 Å². The molecule has 3 aromatic rings. The van der Waals surface area contributed by atoms with Crippen LogP contribution in [-0.4, -0.2) is 40.0 Å². The number of rotatable bonds is 6. The zero-order valence-corrected chi connectivity index (χ0v) is 16.8. The molecule has 1 aliphatic heterocycles. The fraction of sp³-hybridized carbons (Fsp3) is 0.333. The van der Waals surface area contributed by atoms with E-state index in [0.717, 1.165) is 34.2 Å². The molecule has 1 fully saturated rings. The van der Waals surface area contributed by atoms with Crippen molar-refractivity contribution in [2.45, 2.75) is 25.9 Å². The van der Waals surface area contributed by atoms with Crippen LogP contribution < -0.4 is 5.32 Å². The fourth-order valence-corrected chi connectivity index (χ4v) is 4.02. The lowest BCUT2D eigenvalue weighted by atomic mass is 10.1. The van der Waals surface area contributed by atoms with Crippen LogP contribution in [0.25, 0.3) is 11.0 Å². The molecule has 4 rings (SSSR count). The van der Waals surface area contributed by atoms with E-state index in [1.807, 2.05) is 48.8 Å². The first kappa shape index (κ1) is 18.2. The van der Waals surface area contributed by atoms with E-state index in [0.29, 0.717) is 12.1 Å². The SMILES string of the molecule is O=C(NCc1cccc(Br)c1)c1ccc2c(c1)ncn2CCN1CCCC1. The molecule has 27 heavy (non-hydrogen) atoms. The van der Waals surface area contributed by atoms with Gasteiger partial charge in [-0.2, -0.15) is 0 Å². The third-order valence-electron chi connectivity index (χ3n) is 5.08. The quantitative estimate of drug-likeness (QED) is 0.651. The highest BCUT2D eigenvalue weighted by molar-refractivity contribution is 9.10. The first-order valence-electron chi connectivity index (χ1n) is 9.39. The predicted octanol–water partition coefficient (Wildman–Crippen LogP) is 3.82. The van der Waals surface area contributed by atoms with Crippen molar-refractivity contribution in [3.05, 3.63) is 64.4 Å². The summed E-state index contributed by atoms with van der Waals surface area (Å²) in [4.78, 5) is 19.5. The highest BCUT2D eigenvalue weighted by atomic mass is 79.9. The van der Waals surface area contributed by atoms with Gasteiger partial charge in [-0.25, -0.2) is 4.98 Å². The maximum atomic E-state index is 12.5. The molecule has 0 saturated carbocycles. The number of hydrogen-bond acceptors (Lipinski definition) is 3. The Morgan fingerprint density at radius 2 is 1.96 bits per heavy atom. The number of amides is 1. The second kappa shape index (κ2) is 8.23. The number of nitrogens with one attached hydrogen (secondary N) is 1. The monoisotopic (exact) mass is 426 g/mol. The number of fused-ring (bicyclic) bond motifs is 1. The Labute approximate surface area is 167 Å². The molecule has 6 heteroatoms. The minimum absolute atomic E-state index is 0.0801. The summed E-state index contributed by atoms with van der Waals surface area (Å²) in [6.07, 6.45) is 4.50. The molecular formula is C21H23BrN4O. The lowest BCUT2D eigenvalue weighted by Gasteiger charge is -2.15. The molecule has 5 nitrogen and oxygen atoms in total. The van der Waals surface area contributed by atoms with E-state index in [1.54, 1.807) is 0 Å². The number of nitrogens with zero attached hydrogens (tertiary/aromatic N) is 3. The van der Waals surface area contributed by atoms with Gasteiger partial charge in [0.15, 0.2) is 0 Å². The van der Waals surface area contributed by atoms with Crippen LogP contribution in [0.3, 0.4) is 0 Å². The minimum Gasteiger partial charge on any atom is -0.348 e. The topological polar surface area (TPSA) is 50.2 Å². The largest absolute Gasteiger partial charge is 0.348 e. The van der Waals surface area contributed by atoms with Gasteiger partial charge in [0.2, 0.25) is 0 Å². The molecule has 0 spiro atoms. The van der Waals surface area contributed by atoms with Gasteiger partial charge in [-0.05, 0) is 61.8 Å². The van der Waals surface area contributed by atoms with E-state index in [-0.39, 0.29) is 5.91 Å². The molecule has 1 amide bonds. The number of halogens is 1. The summed E-state index contributed by atoms with van der Waals surface area (Å²) in [5.74, 6) is -0.0801. The predicted molar refractivity (Wildman–Crippen MR) is 111 cm³/mol. The van der Waals surface area contributed by atoms with E-state index in [2.05, 4.69) is 35.7 Å². The molecule has 0 radical (unpaired) electrons. The van der Waals surface area contributed by atoms with Crippen molar-refractivity contribution in [2.75, 3.05) is 19.6 Å². The van der Waals surface area contributed by atoms with Crippen LogP contribution in [0.2, 0.25) is 0 Å². The lowest BCUT2D eigenvalue weighted by molar-refractivity contribution is 0.0951. The van der Waals surface area contributed by atoms with E-state index in [4.69, 9.17) is 0 Å². The molecule has 0 aliphatic carbocycles. The van der Waals surface area contributed by atoms with Gasteiger partial charge in [0.05, 0.1) is 17.4 Å². The minimum atomic E-state index is -0.0801. The average Bonchev–Trinajstić information content (AvgIpc) is 3.33. The molecule has 2 aromatic carbocycles. The molecule has 0 bridgehead atoms. The van der Waals surface area contributed by atoms with Crippen molar-refractivity contribution in [2.24, 2.45) is 0 Å². The zero-order valence-electron chi connectivity index (χ0n) is 15.2. The Balaban J connectivity index is 1.41. The van der Waals surface area contributed by atoms with Gasteiger partial charge in [-0.3, -0.25) is 4.79 Å². The highest BCUT2D eigenvalue weighted by Crippen LogP contribution is 2.17. The molecule has 1 aromatic heterocycles. The number of hydrogen-bond donors (Lipinski definition) is 1. The Morgan fingerprint density at radius 1 is 1.11 bits per heavy atom. The Morgan fingerprint density at radius 3 is 2.78 bits per heavy atom. The van der Waals surface area contributed by atoms with E-state index < -0.39 is 0 Å². The lowest BCUT2D eigenvalue weighted by Crippen LogP contribution is -2.24. The van der Waals surface area contributed by atoms with Crippen LogP contribution in [0, 0.1) is 0 Å². The van der Waals surface area contributed by atoms with Crippen molar-refractivity contribution in [3.8, 4) is 0 Å². The molecule has 0 unspecified atom stereocenters. The van der Waals surface area contributed by atoms with Crippen LogP contribution in [0.5, 0.6) is 0 Å². The van der Waals surface area contributed by atoms with Crippen LogP contribution in [0.4, 0.5) is 0 Å². The van der Waals surface area contributed by atoms with Gasteiger partial charge in [0.1, 0.15) is 0 Å². The van der Waals surface area contributed by atoms with Crippen molar-refractivity contribution in [1.29, 1.82) is 0 Å². The normalized spacial score (nSPS) is 14.7. The maximum absolute atomic E-state index is 12.5. The molecule has 0 atom stereocenters. The zero-order chi connectivity index (χ0) is 18.6. The van der Waals surface area contributed by atoms with Crippen LogP contribution in [0.15, 0.2) is 53.3 Å². The van der Waals surface area contributed by atoms with Crippen molar-refractivity contribution >= 4 is 32.9 Å². The van der Waals surface area contributed by atoms with E-state index in [1.165, 1.54) is 25.9 Å². The number of carbonyl (C=O) groups is 1. The Hall–Kier alpha value is -2.18. The first-order chi connectivity index (χ1) is 13.2. The summed E-state index contributed by atoms with van der Waals surface area (Å²) in [6, 6.07) is 13.7. The van der Waals surface area contributed by atoms with Gasteiger partial charge in [0, 0.05) is 29.7 Å². The van der Waals surface area contributed by atoms with Crippen LogP contribution in [-0.2, 0) is 13.1 Å². The first-order valence-corrected chi connectivity index (χ1v) is 10.2. The second-order valence-electron chi connectivity index (χ2n) is 7.00. The fourth-order valence-electron chi connectivity index (χ4n) is 3.57. The van der Waals surface area contributed by atoms with Crippen LogP contribution >= 0.6 is 15.9 Å². The van der Waals surface area contributed by atoms with Crippen molar-refractivity contribution < 1.29 is 4.79 Å². The summed E-state index contributed by atoms with van der Waals surface area (Å²) in [7, 11) is 0. The molecule has 1 saturated heterocycles. The standard InChI is InChI=1S/C21H23BrN4O/c22-18-5-3-4-16(12-18)14-23-21(27)17-6-7-20-19(13-17)24-15-26(20)11-10-25-8-1-2-9-25/h3-7,12-13,15H,1-2,8-11,14H2,(H,23,27). The Kier molecular flexibility index (Phi) is 5.55. The third kappa shape index (κ3) is 4.39. The summed E-state index contributed by atoms with van der Waals surface area (Å²) in [6.45, 7) is 4.90. The number of aromatic nitrogens is 2.